The van der Waals surface area contributed by atoms with Crippen LogP contribution in [0.3, 0.4) is 0 Å². The molecule has 7 heteroatoms. The molecular formula is C17H24O7. The highest BCUT2D eigenvalue weighted by atomic mass is 16.8. The normalized spacial score (nSPS) is 34.6. The first-order chi connectivity index (χ1) is 11.3. The Kier molecular flexibility index (Phi) is 5.31. The summed E-state index contributed by atoms with van der Waals surface area (Å²) in [4.78, 5) is 12.5. The van der Waals surface area contributed by atoms with E-state index in [0.717, 1.165) is 0 Å². The third kappa shape index (κ3) is 2.82. The van der Waals surface area contributed by atoms with Crippen LogP contribution in [0.4, 0.5) is 0 Å². The van der Waals surface area contributed by atoms with Crippen molar-refractivity contribution >= 4 is 5.97 Å². The van der Waals surface area contributed by atoms with Crippen LogP contribution in [-0.4, -0.2) is 56.2 Å². The number of rotatable bonds is 5. The quantitative estimate of drug-likeness (QED) is 0.811. The lowest BCUT2D eigenvalue weighted by atomic mass is 9.88. The van der Waals surface area contributed by atoms with Crippen LogP contribution in [0.25, 0.3) is 0 Å². The van der Waals surface area contributed by atoms with Gasteiger partial charge in [0.25, 0.3) is 0 Å². The number of aliphatic hydroxyl groups is 1. The smallest absolute Gasteiger partial charge is 0.343 e. The van der Waals surface area contributed by atoms with Gasteiger partial charge in [0.15, 0.2) is 0 Å². The maximum Gasteiger partial charge on any atom is 0.343 e. The Morgan fingerprint density at radius 2 is 1.71 bits per heavy atom. The largest absolute Gasteiger partial charge is 0.467 e. The Hall–Kier alpha value is -1.51. The van der Waals surface area contributed by atoms with Crippen molar-refractivity contribution in [3.63, 3.8) is 0 Å². The van der Waals surface area contributed by atoms with Crippen molar-refractivity contribution in [2.75, 3.05) is 27.9 Å². The van der Waals surface area contributed by atoms with Crippen molar-refractivity contribution in [2.24, 2.45) is 0 Å². The highest BCUT2D eigenvalue weighted by Gasteiger charge is 2.64. The summed E-state index contributed by atoms with van der Waals surface area (Å²) in [6.07, 6.45) is -1.32. The van der Waals surface area contributed by atoms with Crippen molar-refractivity contribution in [1.29, 1.82) is 0 Å². The minimum Gasteiger partial charge on any atom is -0.467 e. The first kappa shape index (κ1) is 18.8. The third-order valence-electron chi connectivity index (χ3n) is 4.63. The number of carbonyl (C=O) groups excluding carboxylic acids is 1. The second kappa shape index (κ2) is 6.78. The van der Waals surface area contributed by atoms with E-state index in [1.54, 1.807) is 44.2 Å². The number of hydrogen-bond acceptors (Lipinski definition) is 7. The highest BCUT2D eigenvalue weighted by Crippen LogP contribution is 2.45. The predicted octanol–water partition coefficient (Wildman–Crippen LogP) is 1.40. The van der Waals surface area contributed by atoms with E-state index in [1.165, 1.54) is 21.3 Å². The third-order valence-corrected chi connectivity index (χ3v) is 4.63. The fourth-order valence-corrected chi connectivity index (χ4v) is 2.74. The molecule has 2 rings (SSSR count). The number of carbonyl (C=O) groups is 1. The molecule has 1 aliphatic rings. The van der Waals surface area contributed by atoms with Gasteiger partial charge in [0, 0.05) is 14.2 Å². The van der Waals surface area contributed by atoms with Gasteiger partial charge in [-0.2, -0.15) is 0 Å². The van der Waals surface area contributed by atoms with Gasteiger partial charge in [-0.15, -0.1) is 0 Å². The molecule has 0 saturated carbocycles. The Morgan fingerprint density at radius 1 is 1.12 bits per heavy atom. The van der Waals surface area contributed by atoms with E-state index in [9.17, 15) is 9.90 Å². The van der Waals surface area contributed by atoms with Crippen LogP contribution in [0.1, 0.15) is 25.5 Å². The molecule has 1 aliphatic heterocycles. The first-order valence-corrected chi connectivity index (χ1v) is 7.54. The molecule has 1 saturated heterocycles. The summed E-state index contributed by atoms with van der Waals surface area (Å²) in [7, 11) is 4.07. The van der Waals surface area contributed by atoms with E-state index in [4.69, 9.17) is 23.7 Å². The van der Waals surface area contributed by atoms with Crippen molar-refractivity contribution in [1.82, 2.24) is 0 Å². The molecule has 7 nitrogen and oxygen atoms in total. The van der Waals surface area contributed by atoms with Crippen LogP contribution >= 0.6 is 0 Å². The Morgan fingerprint density at radius 3 is 2.21 bits per heavy atom. The number of benzene rings is 1. The van der Waals surface area contributed by atoms with Gasteiger partial charge in [-0.25, -0.2) is 4.79 Å². The summed E-state index contributed by atoms with van der Waals surface area (Å²) >= 11 is 0. The van der Waals surface area contributed by atoms with Crippen LogP contribution in [-0.2, 0) is 28.5 Å². The van der Waals surface area contributed by atoms with Crippen LogP contribution < -0.4 is 0 Å². The van der Waals surface area contributed by atoms with Crippen LogP contribution in [0.5, 0.6) is 0 Å². The number of ether oxygens (including phenoxy) is 5. The molecule has 24 heavy (non-hydrogen) atoms. The van der Waals surface area contributed by atoms with Gasteiger partial charge < -0.3 is 28.8 Å². The molecule has 4 atom stereocenters. The topological polar surface area (TPSA) is 83.5 Å². The molecule has 0 amide bonds. The summed E-state index contributed by atoms with van der Waals surface area (Å²) in [5.41, 5.74) is -1.30. The maximum absolute atomic E-state index is 12.5. The summed E-state index contributed by atoms with van der Waals surface area (Å²) in [5, 5.41) is 10.9. The van der Waals surface area contributed by atoms with E-state index in [2.05, 4.69) is 0 Å². The van der Waals surface area contributed by atoms with Crippen LogP contribution in [0, 0.1) is 0 Å². The lowest BCUT2D eigenvalue weighted by molar-refractivity contribution is -0.453. The summed E-state index contributed by atoms with van der Waals surface area (Å²) in [6, 6.07) is 8.69. The average Bonchev–Trinajstić information content (AvgIpc) is 2.63. The molecule has 0 aliphatic carbocycles. The van der Waals surface area contributed by atoms with Crippen molar-refractivity contribution in [3.8, 4) is 0 Å². The summed E-state index contributed by atoms with van der Waals surface area (Å²) in [5.74, 6) is -3.49. The first-order valence-electron chi connectivity index (χ1n) is 7.54. The zero-order chi connectivity index (χ0) is 18.0. The number of hydrogen-bond donors (Lipinski definition) is 1. The molecule has 0 bridgehead atoms. The number of esters is 1. The molecule has 1 N–H and O–H groups in total. The minimum absolute atomic E-state index is 0.265. The Balaban J connectivity index is 2.49. The second-order valence-electron chi connectivity index (χ2n) is 5.88. The van der Waals surface area contributed by atoms with Gasteiger partial charge in [0.05, 0.1) is 13.7 Å². The van der Waals surface area contributed by atoms with Gasteiger partial charge >= 0.3 is 5.97 Å². The van der Waals surface area contributed by atoms with E-state index in [-0.39, 0.29) is 6.61 Å². The SMILES string of the molecule is COC(=O)[C@]1([C@@H](O)c2ccccc2)CO[C@@](C)(OC)[C@](C)(OC)O1. The molecule has 1 aromatic carbocycles. The van der Waals surface area contributed by atoms with Gasteiger partial charge in [-0.05, 0) is 19.4 Å². The van der Waals surface area contributed by atoms with E-state index in [1.807, 2.05) is 0 Å². The van der Waals surface area contributed by atoms with Crippen molar-refractivity contribution in [2.45, 2.75) is 37.1 Å². The van der Waals surface area contributed by atoms with Gasteiger partial charge in [-0.3, -0.25) is 0 Å². The maximum atomic E-state index is 12.5. The number of aliphatic hydroxyl groups excluding tert-OH is 1. The average molecular weight is 340 g/mol. The summed E-state index contributed by atoms with van der Waals surface area (Å²) < 4.78 is 27.4. The van der Waals surface area contributed by atoms with E-state index < -0.39 is 29.2 Å². The van der Waals surface area contributed by atoms with Crippen molar-refractivity contribution < 1.29 is 33.6 Å². The van der Waals surface area contributed by atoms with Gasteiger partial charge in [0.1, 0.15) is 6.10 Å². The molecule has 1 fully saturated rings. The molecule has 0 spiro atoms. The molecule has 0 radical (unpaired) electrons. The van der Waals surface area contributed by atoms with Gasteiger partial charge in [-0.1, -0.05) is 30.3 Å². The molecule has 0 unspecified atom stereocenters. The van der Waals surface area contributed by atoms with E-state index >= 15 is 0 Å². The molecule has 134 valence electrons. The molecular weight excluding hydrogens is 316 g/mol. The van der Waals surface area contributed by atoms with Crippen LogP contribution in [0.15, 0.2) is 30.3 Å². The lowest BCUT2D eigenvalue weighted by Gasteiger charge is -2.53. The zero-order valence-corrected chi connectivity index (χ0v) is 14.6. The van der Waals surface area contributed by atoms with E-state index in [0.29, 0.717) is 5.56 Å². The van der Waals surface area contributed by atoms with Crippen molar-refractivity contribution in [3.05, 3.63) is 35.9 Å². The minimum atomic E-state index is -1.79. The monoisotopic (exact) mass is 340 g/mol. The standard InChI is InChI=1S/C17H24O7/c1-15(21-4)16(2,22-5)24-17(11-23-15,14(19)20-3)13(18)12-9-7-6-8-10-12/h6-10,13,18H,11H2,1-5H3/t13-,15+,16+,17+/m0/s1. The molecule has 0 aromatic heterocycles. The van der Waals surface area contributed by atoms with Gasteiger partial charge in [0.2, 0.25) is 17.2 Å². The highest BCUT2D eigenvalue weighted by molar-refractivity contribution is 5.81. The molecule has 1 heterocycles. The lowest BCUT2D eigenvalue weighted by Crippen LogP contribution is -2.70. The van der Waals surface area contributed by atoms with Crippen LogP contribution in [0.2, 0.25) is 0 Å². The summed E-state index contributed by atoms with van der Waals surface area (Å²) in [6.45, 7) is 2.94. The fraction of sp³-hybridized carbons (Fsp3) is 0.588. The fourth-order valence-electron chi connectivity index (χ4n) is 2.74. The zero-order valence-electron chi connectivity index (χ0n) is 14.6. The predicted molar refractivity (Wildman–Crippen MR) is 84.0 cm³/mol. The Bertz CT molecular complexity index is 578. The molecule has 1 aromatic rings. The Labute approximate surface area is 141 Å². The number of methoxy groups -OCH3 is 3. The second-order valence-corrected chi connectivity index (χ2v) is 5.88.